The summed E-state index contributed by atoms with van der Waals surface area (Å²) in [7, 11) is -3.36. The number of carbonyl (C=O) groups excluding carboxylic acids is 1. The van der Waals surface area contributed by atoms with Gasteiger partial charge in [-0.25, -0.2) is 8.42 Å². The number of hydrogen-bond donors (Lipinski definition) is 1. The summed E-state index contributed by atoms with van der Waals surface area (Å²) in [6.45, 7) is 1.03. The smallest absolute Gasteiger partial charge is 0.252 e. The van der Waals surface area contributed by atoms with Crippen LogP contribution >= 0.6 is 11.3 Å². The molecule has 0 bridgehead atoms. The largest absolute Gasteiger partial charge is 0.351 e. The molecule has 20 heavy (non-hydrogen) atoms. The molecule has 7 heteroatoms. The third kappa shape index (κ3) is 2.49. The Morgan fingerprint density at radius 2 is 2.10 bits per heavy atom. The molecule has 1 aromatic heterocycles. The number of hydrogen-bond acceptors (Lipinski definition) is 4. The van der Waals surface area contributed by atoms with Crippen molar-refractivity contribution in [2.75, 3.05) is 13.1 Å². The molecule has 2 saturated heterocycles. The fraction of sp³-hybridized carbons (Fsp3) is 0.615. The minimum Gasteiger partial charge on any atom is -0.351 e. The molecule has 0 radical (unpaired) electrons. The Kier molecular flexibility index (Phi) is 3.60. The summed E-state index contributed by atoms with van der Waals surface area (Å²) in [5.41, 5.74) is -0.170. The van der Waals surface area contributed by atoms with Gasteiger partial charge in [-0.2, -0.15) is 4.31 Å². The summed E-state index contributed by atoms with van der Waals surface area (Å²) < 4.78 is 27.0. The van der Waals surface area contributed by atoms with Gasteiger partial charge in [0.2, 0.25) is 5.91 Å². The zero-order chi connectivity index (χ0) is 14.2. The molecule has 110 valence electrons. The highest BCUT2D eigenvalue weighted by atomic mass is 32.2. The van der Waals surface area contributed by atoms with Crippen molar-refractivity contribution in [2.24, 2.45) is 0 Å². The molecule has 1 atom stereocenters. The first kappa shape index (κ1) is 14.0. The van der Waals surface area contributed by atoms with Crippen molar-refractivity contribution >= 4 is 27.3 Å². The van der Waals surface area contributed by atoms with E-state index in [1.165, 1.54) is 11.3 Å². The quantitative estimate of drug-likeness (QED) is 0.901. The Bertz CT molecular complexity index is 597. The number of carbonyl (C=O) groups is 1. The van der Waals surface area contributed by atoms with Crippen molar-refractivity contribution in [3.05, 3.63) is 17.5 Å². The number of rotatable bonds is 2. The van der Waals surface area contributed by atoms with Gasteiger partial charge in [-0.1, -0.05) is 6.07 Å². The molecule has 5 nitrogen and oxygen atoms in total. The highest BCUT2D eigenvalue weighted by Gasteiger charge is 2.40. The summed E-state index contributed by atoms with van der Waals surface area (Å²) in [5.74, 6) is 0.0968. The van der Waals surface area contributed by atoms with Gasteiger partial charge in [0, 0.05) is 25.0 Å². The molecule has 0 saturated carbocycles. The van der Waals surface area contributed by atoms with Gasteiger partial charge in [0.05, 0.1) is 0 Å². The van der Waals surface area contributed by atoms with Crippen LogP contribution in [0.4, 0.5) is 0 Å². The molecular formula is C13H18N2O3S2. The first-order chi connectivity index (χ1) is 9.52. The van der Waals surface area contributed by atoms with Crippen LogP contribution in [-0.4, -0.2) is 37.3 Å². The summed E-state index contributed by atoms with van der Waals surface area (Å²) in [5, 5.41) is 4.84. The molecule has 1 amide bonds. The van der Waals surface area contributed by atoms with Gasteiger partial charge < -0.3 is 5.32 Å². The molecule has 2 fully saturated rings. The minimum atomic E-state index is -3.36. The van der Waals surface area contributed by atoms with Crippen molar-refractivity contribution in [3.8, 4) is 0 Å². The van der Waals surface area contributed by atoms with E-state index < -0.39 is 10.0 Å². The molecule has 0 unspecified atom stereocenters. The topological polar surface area (TPSA) is 66.5 Å². The van der Waals surface area contributed by atoms with Gasteiger partial charge in [-0.3, -0.25) is 4.79 Å². The second kappa shape index (κ2) is 5.13. The number of nitrogens with one attached hydrogen (secondary N) is 1. The zero-order valence-electron chi connectivity index (χ0n) is 11.2. The third-order valence-electron chi connectivity index (χ3n) is 4.23. The minimum absolute atomic E-state index is 0.0968. The van der Waals surface area contributed by atoms with Crippen LogP contribution in [-0.2, 0) is 14.8 Å². The lowest BCUT2D eigenvalue weighted by molar-refractivity contribution is -0.119. The van der Waals surface area contributed by atoms with Crippen LogP contribution in [0.25, 0.3) is 0 Å². The van der Waals surface area contributed by atoms with Gasteiger partial charge in [0.15, 0.2) is 0 Å². The summed E-state index contributed by atoms with van der Waals surface area (Å²) in [4.78, 5) is 11.5. The van der Waals surface area contributed by atoms with E-state index in [4.69, 9.17) is 0 Å². The molecule has 2 aliphatic heterocycles. The molecule has 2 aliphatic rings. The van der Waals surface area contributed by atoms with Crippen LogP contribution in [0.2, 0.25) is 0 Å². The summed E-state index contributed by atoms with van der Waals surface area (Å²) in [6, 6.07) is 3.41. The lowest BCUT2D eigenvalue weighted by Crippen LogP contribution is -2.42. The molecule has 3 heterocycles. The van der Waals surface area contributed by atoms with Crippen LogP contribution in [0.1, 0.15) is 32.1 Å². The van der Waals surface area contributed by atoms with Crippen LogP contribution in [0.5, 0.6) is 0 Å². The Labute approximate surface area is 123 Å². The Hall–Kier alpha value is -0.920. The lowest BCUT2D eigenvalue weighted by atomic mass is 9.89. The van der Waals surface area contributed by atoms with E-state index >= 15 is 0 Å². The summed E-state index contributed by atoms with van der Waals surface area (Å²) >= 11 is 1.26. The van der Waals surface area contributed by atoms with Crippen LogP contribution < -0.4 is 5.32 Å². The van der Waals surface area contributed by atoms with Crippen LogP contribution in [0.15, 0.2) is 21.7 Å². The van der Waals surface area contributed by atoms with Crippen LogP contribution in [0, 0.1) is 0 Å². The van der Waals surface area contributed by atoms with Crippen molar-refractivity contribution in [2.45, 2.75) is 41.9 Å². The molecule has 3 rings (SSSR count). The molecule has 1 aromatic rings. The number of nitrogens with zero attached hydrogens (tertiary/aromatic N) is 1. The van der Waals surface area contributed by atoms with Crippen molar-refractivity contribution in [3.63, 3.8) is 0 Å². The van der Waals surface area contributed by atoms with Gasteiger partial charge in [0.25, 0.3) is 10.0 Å². The van der Waals surface area contributed by atoms with Crippen molar-refractivity contribution in [1.82, 2.24) is 9.62 Å². The van der Waals surface area contributed by atoms with E-state index in [1.54, 1.807) is 21.8 Å². The van der Waals surface area contributed by atoms with E-state index in [9.17, 15) is 13.2 Å². The molecule has 1 spiro atoms. The molecule has 0 aliphatic carbocycles. The van der Waals surface area contributed by atoms with Gasteiger partial charge in [0.1, 0.15) is 4.21 Å². The van der Waals surface area contributed by atoms with E-state index in [0.29, 0.717) is 30.1 Å². The number of thiophene rings is 1. The monoisotopic (exact) mass is 314 g/mol. The van der Waals surface area contributed by atoms with Gasteiger partial charge >= 0.3 is 0 Å². The van der Waals surface area contributed by atoms with Gasteiger partial charge in [-0.15, -0.1) is 11.3 Å². The van der Waals surface area contributed by atoms with E-state index in [0.717, 1.165) is 19.3 Å². The standard InChI is InChI=1S/C13H18N2O3S2/c16-11-4-6-13(14-11)5-2-8-15(9-7-13)20(17,18)12-3-1-10-19-12/h1,3,10H,2,4-9H2,(H,14,16)/t13-/m0/s1. The highest BCUT2D eigenvalue weighted by Crippen LogP contribution is 2.33. The third-order valence-corrected chi connectivity index (χ3v) is 7.50. The SMILES string of the molecule is O=C1CC[C@]2(CCCN(S(=O)(=O)c3cccs3)CC2)N1. The second-order valence-corrected chi connectivity index (χ2v) is 8.63. The first-order valence-corrected chi connectivity index (χ1v) is 9.19. The predicted octanol–water partition coefficient (Wildman–Crippen LogP) is 1.57. The normalized spacial score (nSPS) is 28.5. The average Bonchev–Trinajstić information content (AvgIpc) is 2.99. The zero-order valence-corrected chi connectivity index (χ0v) is 12.8. The number of amides is 1. The van der Waals surface area contributed by atoms with E-state index in [1.807, 2.05) is 0 Å². The molecule has 1 N–H and O–H groups in total. The summed E-state index contributed by atoms with van der Waals surface area (Å²) in [6.07, 6.45) is 3.78. The first-order valence-electron chi connectivity index (χ1n) is 6.87. The fourth-order valence-electron chi connectivity index (χ4n) is 3.10. The van der Waals surface area contributed by atoms with E-state index in [-0.39, 0.29) is 11.4 Å². The molecule has 0 aromatic carbocycles. The van der Waals surface area contributed by atoms with Crippen LogP contribution in [0.3, 0.4) is 0 Å². The Morgan fingerprint density at radius 1 is 1.25 bits per heavy atom. The van der Waals surface area contributed by atoms with Gasteiger partial charge in [-0.05, 0) is 37.1 Å². The predicted molar refractivity (Wildman–Crippen MR) is 77.0 cm³/mol. The maximum absolute atomic E-state index is 12.5. The lowest BCUT2D eigenvalue weighted by Gasteiger charge is -2.27. The fourth-order valence-corrected chi connectivity index (χ4v) is 5.72. The second-order valence-electron chi connectivity index (χ2n) is 5.52. The number of sulfonamides is 1. The van der Waals surface area contributed by atoms with E-state index in [2.05, 4.69) is 5.32 Å². The highest BCUT2D eigenvalue weighted by molar-refractivity contribution is 7.91. The maximum atomic E-state index is 12.5. The Balaban J connectivity index is 1.76. The average molecular weight is 314 g/mol. The van der Waals surface area contributed by atoms with Crippen molar-refractivity contribution < 1.29 is 13.2 Å². The molecular weight excluding hydrogens is 296 g/mol. The Morgan fingerprint density at radius 3 is 2.75 bits per heavy atom. The van der Waals surface area contributed by atoms with Crippen molar-refractivity contribution in [1.29, 1.82) is 0 Å². The maximum Gasteiger partial charge on any atom is 0.252 e.